The molecule has 0 aliphatic rings. The van der Waals surface area contributed by atoms with Gasteiger partial charge in [0.25, 0.3) is 0 Å². The molecule has 0 saturated carbocycles. The van der Waals surface area contributed by atoms with E-state index in [1.807, 2.05) is 20.8 Å². The third kappa shape index (κ3) is 4.50. The maximum absolute atomic E-state index is 8.72. The van der Waals surface area contributed by atoms with Crippen molar-refractivity contribution >= 4 is 0 Å². The van der Waals surface area contributed by atoms with Gasteiger partial charge in [-0.25, -0.2) is 0 Å². The van der Waals surface area contributed by atoms with Crippen molar-refractivity contribution in [3.05, 3.63) is 12.4 Å². The van der Waals surface area contributed by atoms with E-state index in [0.29, 0.717) is 5.75 Å². The van der Waals surface area contributed by atoms with E-state index in [-0.39, 0.29) is 0 Å². The zero-order chi connectivity index (χ0) is 11.9. The number of aromatic nitrogens is 2. The Balaban J connectivity index is 0.000000921. The van der Waals surface area contributed by atoms with Crippen LogP contribution in [0, 0.1) is 11.3 Å². The highest BCUT2D eigenvalue weighted by Gasteiger charge is 2.18. The summed E-state index contributed by atoms with van der Waals surface area (Å²) < 4.78 is 7.14. The van der Waals surface area contributed by atoms with E-state index in [1.54, 1.807) is 30.9 Å². The van der Waals surface area contributed by atoms with E-state index >= 15 is 0 Å². The van der Waals surface area contributed by atoms with Gasteiger partial charge < -0.3 is 4.74 Å². The van der Waals surface area contributed by atoms with E-state index in [0.717, 1.165) is 6.54 Å². The molecule has 0 saturated heterocycles. The van der Waals surface area contributed by atoms with Crippen LogP contribution in [0.25, 0.3) is 0 Å². The second-order valence-corrected chi connectivity index (χ2v) is 3.26. The van der Waals surface area contributed by atoms with Crippen molar-refractivity contribution in [2.24, 2.45) is 0 Å². The lowest BCUT2D eigenvalue weighted by atomic mass is 10.2. The van der Waals surface area contributed by atoms with Crippen LogP contribution in [-0.4, -0.2) is 15.4 Å². The molecular weight excluding hydrogens is 190 g/mol. The number of hydrogen-bond acceptors (Lipinski definition) is 3. The van der Waals surface area contributed by atoms with Gasteiger partial charge >= 0.3 is 0 Å². The molecule has 1 heterocycles. The van der Waals surface area contributed by atoms with Gasteiger partial charge in [-0.1, -0.05) is 13.8 Å². The van der Waals surface area contributed by atoms with E-state index in [2.05, 4.69) is 11.2 Å². The summed E-state index contributed by atoms with van der Waals surface area (Å²) in [5.74, 6) is 0.633. The molecular formula is C11H19N3O. The SMILES string of the molecule is CC.CCn1cc(OC(C)(C)C#N)cn1. The second-order valence-electron chi connectivity index (χ2n) is 3.26. The fourth-order valence-corrected chi connectivity index (χ4v) is 0.888. The summed E-state index contributed by atoms with van der Waals surface area (Å²) in [6, 6.07) is 2.06. The van der Waals surface area contributed by atoms with E-state index in [9.17, 15) is 0 Å². The summed E-state index contributed by atoms with van der Waals surface area (Å²) in [5, 5.41) is 12.8. The third-order valence-corrected chi connectivity index (χ3v) is 1.58. The standard InChI is InChI=1S/C9H13N3O.C2H6/c1-4-12-6-8(5-11-12)13-9(2,3)7-10;1-2/h5-6H,4H2,1-3H3;1-2H3. The van der Waals surface area contributed by atoms with Gasteiger partial charge in [0.1, 0.15) is 6.07 Å². The van der Waals surface area contributed by atoms with Crippen LogP contribution in [0.5, 0.6) is 5.75 Å². The molecule has 0 aliphatic heterocycles. The van der Waals surface area contributed by atoms with E-state index < -0.39 is 5.60 Å². The minimum Gasteiger partial charge on any atom is -0.470 e. The molecule has 0 unspecified atom stereocenters. The highest BCUT2D eigenvalue weighted by Crippen LogP contribution is 2.16. The van der Waals surface area contributed by atoms with E-state index in [4.69, 9.17) is 10.00 Å². The number of rotatable bonds is 3. The summed E-state index contributed by atoms with van der Waals surface area (Å²) in [7, 11) is 0. The second kappa shape index (κ2) is 6.07. The molecule has 1 rings (SSSR count). The first-order chi connectivity index (χ1) is 7.07. The summed E-state index contributed by atoms with van der Waals surface area (Å²) in [4.78, 5) is 0. The van der Waals surface area contributed by atoms with Gasteiger partial charge in [0.15, 0.2) is 11.4 Å². The molecule has 0 spiro atoms. The molecule has 0 amide bonds. The van der Waals surface area contributed by atoms with Gasteiger partial charge in [0.2, 0.25) is 0 Å². The molecule has 0 atom stereocenters. The molecule has 84 valence electrons. The lowest BCUT2D eigenvalue weighted by Gasteiger charge is -2.15. The number of ether oxygens (including phenoxy) is 1. The first kappa shape index (κ1) is 13.5. The van der Waals surface area contributed by atoms with Crippen molar-refractivity contribution in [2.45, 2.75) is 46.8 Å². The number of hydrogen-bond donors (Lipinski definition) is 0. The lowest BCUT2D eigenvalue weighted by Crippen LogP contribution is -2.25. The average molecular weight is 209 g/mol. The molecule has 0 fully saturated rings. The van der Waals surface area contributed by atoms with Gasteiger partial charge in [0.05, 0.1) is 12.4 Å². The normalized spacial score (nSPS) is 9.87. The van der Waals surface area contributed by atoms with Crippen molar-refractivity contribution in [3.63, 3.8) is 0 Å². The summed E-state index contributed by atoms with van der Waals surface area (Å²) in [6.45, 7) is 10.2. The Labute approximate surface area is 91.5 Å². The quantitative estimate of drug-likeness (QED) is 0.768. The Kier molecular flexibility index (Phi) is 5.46. The van der Waals surface area contributed by atoms with Gasteiger partial charge in [-0.3, -0.25) is 4.68 Å². The van der Waals surface area contributed by atoms with Crippen molar-refractivity contribution in [2.75, 3.05) is 0 Å². The number of aryl methyl sites for hydroxylation is 1. The van der Waals surface area contributed by atoms with Crippen LogP contribution < -0.4 is 4.74 Å². The molecule has 1 aromatic heterocycles. The smallest absolute Gasteiger partial charge is 0.188 e. The Bertz CT molecular complexity index is 323. The Morgan fingerprint density at radius 1 is 1.53 bits per heavy atom. The van der Waals surface area contributed by atoms with Crippen molar-refractivity contribution in [3.8, 4) is 11.8 Å². The first-order valence-corrected chi connectivity index (χ1v) is 5.20. The molecule has 0 radical (unpaired) electrons. The highest BCUT2D eigenvalue weighted by atomic mass is 16.5. The maximum Gasteiger partial charge on any atom is 0.188 e. The molecule has 0 aliphatic carbocycles. The Morgan fingerprint density at radius 3 is 2.53 bits per heavy atom. The van der Waals surface area contributed by atoms with Crippen LogP contribution in [0.3, 0.4) is 0 Å². The van der Waals surface area contributed by atoms with Gasteiger partial charge in [-0.05, 0) is 20.8 Å². The molecule has 4 nitrogen and oxygen atoms in total. The fourth-order valence-electron chi connectivity index (χ4n) is 0.888. The topological polar surface area (TPSA) is 50.8 Å². The molecule has 1 aromatic rings. The summed E-state index contributed by atoms with van der Waals surface area (Å²) >= 11 is 0. The van der Waals surface area contributed by atoms with Crippen LogP contribution in [0.2, 0.25) is 0 Å². The van der Waals surface area contributed by atoms with Gasteiger partial charge in [0, 0.05) is 6.54 Å². The summed E-state index contributed by atoms with van der Waals surface area (Å²) in [5.41, 5.74) is -0.790. The monoisotopic (exact) mass is 209 g/mol. The number of nitriles is 1. The molecule has 0 N–H and O–H groups in total. The first-order valence-electron chi connectivity index (χ1n) is 5.20. The maximum atomic E-state index is 8.72. The predicted octanol–water partition coefficient (Wildman–Crippen LogP) is 2.61. The highest BCUT2D eigenvalue weighted by molar-refractivity contribution is 5.15. The minimum atomic E-state index is -0.790. The van der Waals surface area contributed by atoms with Crippen LogP contribution >= 0.6 is 0 Å². The van der Waals surface area contributed by atoms with Gasteiger partial charge in [-0.2, -0.15) is 10.4 Å². The van der Waals surface area contributed by atoms with Crippen LogP contribution in [-0.2, 0) is 6.54 Å². The largest absolute Gasteiger partial charge is 0.470 e. The van der Waals surface area contributed by atoms with Crippen LogP contribution in [0.15, 0.2) is 12.4 Å². The fraction of sp³-hybridized carbons (Fsp3) is 0.636. The molecule has 4 heteroatoms. The van der Waals surface area contributed by atoms with Gasteiger partial charge in [-0.15, -0.1) is 0 Å². The Morgan fingerprint density at radius 2 is 2.13 bits per heavy atom. The third-order valence-electron chi connectivity index (χ3n) is 1.58. The summed E-state index contributed by atoms with van der Waals surface area (Å²) in [6.07, 6.45) is 3.39. The number of nitrogens with zero attached hydrogens (tertiary/aromatic N) is 3. The lowest BCUT2D eigenvalue weighted by molar-refractivity contribution is 0.169. The molecule has 15 heavy (non-hydrogen) atoms. The van der Waals surface area contributed by atoms with Crippen LogP contribution in [0.1, 0.15) is 34.6 Å². The molecule has 0 aromatic carbocycles. The zero-order valence-electron chi connectivity index (χ0n) is 10.1. The minimum absolute atomic E-state index is 0.633. The molecule has 0 bridgehead atoms. The van der Waals surface area contributed by atoms with Crippen molar-refractivity contribution in [1.29, 1.82) is 5.26 Å². The van der Waals surface area contributed by atoms with Crippen molar-refractivity contribution < 1.29 is 4.74 Å². The Hall–Kier alpha value is -1.50. The van der Waals surface area contributed by atoms with E-state index in [1.165, 1.54) is 0 Å². The van der Waals surface area contributed by atoms with Crippen LogP contribution in [0.4, 0.5) is 0 Å². The van der Waals surface area contributed by atoms with Crippen molar-refractivity contribution in [1.82, 2.24) is 9.78 Å². The predicted molar refractivity (Wildman–Crippen MR) is 59.6 cm³/mol. The zero-order valence-corrected chi connectivity index (χ0v) is 10.1. The average Bonchev–Trinajstić information content (AvgIpc) is 2.68.